The van der Waals surface area contributed by atoms with Crippen molar-refractivity contribution < 1.29 is 26.5 Å². The van der Waals surface area contributed by atoms with E-state index in [0.717, 1.165) is 4.47 Å². The lowest BCUT2D eigenvalue weighted by Crippen LogP contribution is -2.34. The summed E-state index contributed by atoms with van der Waals surface area (Å²) in [6, 6.07) is 9.98. The molecule has 0 bridgehead atoms. The standard InChI is InChI=1S/C15H12BrFO5S/c16-10-1-4-13(5-2-10)23(18,19)21-9-12-8-20-14-6-3-11(17)7-15(14)22-12/h1-7,12H,8-9H2/t12-/m1/s1. The van der Waals surface area contributed by atoms with Crippen molar-refractivity contribution in [3.63, 3.8) is 0 Å². The zero-order chi connectivity index (χ0) is 16.4. The van der Waals surface area contributed by atoms with E-state index in [9.17, 15) is 12.8 Å². The molecular weight excluding hydrogens is 391 g/mol. The Morgan fingerprint density at radius 1 is 1.17 bits per heavy atom. The highest BCUT2D eigenvalue weighted by molar-refractivity contribution is 9.10. The second-order valence-electron chi connectivity index (χ2n) is 4.83. The van der Waals surface area contributed by atoms with Crippen LogP contribution in [0.5, 0.6) is 11.5 Å². The second kappa shape index (κ2) is 6.46. The Kier molecular flexibility index (Phi) is 4.56. The van der Waals surface area contributed by atoms with Crippen LogP contribution in [0, 0.1) is 5.82 Å². The Bertz CT molecular complexity index is 807. The lowest BCUT2D eigenvalue weighted by molar-refractivity contribution is 0.0550. The summed E-state index contributed by atoms with van der Waals surface area (Å²) in [7, 11) is -3.89. The van der Waals surface area contributed by atoms with E-state index in [4.69, 9.17) is 13.7 Å². The maximum atomic E-state index is 13.2. The van der Waals surface area contributed by atoms with Gasteiger partial charge in [0.15, 0.2) is 17.6 Å². The van der Waals surface area contributed by atoms with Crippen molar-refractivity contribution in [3.05, 3.63) is 52.8 Å². The van der Waals surface area contributed by atoms with Gasteiger partial charge < -0.3 is 9.47 Å². The fourth-order valence-electron chi connectivity index (χ4n) is 2.01. The smallest absolute Gasteiger partial charge is 0.297 e. The highest BCUT2D eigenvalue weighted by atomic mass is 79.9. The first-order valence-electron chi connectivity index (χ1n) is 6.68. The highest BCUT2D eigenvalue weighted by Crippen LogP contribution is 2.32. The van der Waals surface area contributed by atoms with Gasteiger partial charge >= 0.3 is 0 Å². The zero-order valence-corrected chi connectivity index (χ0v) is 14.1. The van der Waals surface area contributed by atoms with Crippen molar-refractivity contribution in [3.8, 4) is 11.5 Å². The van der Waals surface area contributed by atoms with Crippen LogP contribution >= 0.6 is 15.9 Å². The van der Waals surface area contributed by atoms with Crippen LogP contribution in [0.25, 0.3) is 0 Å². The minimum Gasteiger partial charge on any atom is -0.486 e. The molecule has 23 heavy (non-hydrogen) atoms. The summed E-state index contributed by atoms with van der Waals surface area (Å²) in [4.78, 5) is 0.0453. The molecule has 3 rings (SSSR count). The van der Waals surface area contributed by atoms with Crippen molar-refractivity contribution in [1.29, 1.82) is 0 Å². The monoisotopic (exact) mass is 402 g/mol. The van der Waals surface area contributed by atoms with Gasteiger partial charge in [0, 0.05) is 10.5 Å². The van der Waals surface area contributed by atoms with E-state index in [1.54, 1.807) is 12.1 Å². The molecule has 0 aromatic heterocycles. The number of benzene rings is 2. The van der Waals surface area contributed by atoms with Gasteiger partial charge in [-0.15, -0.1) is 0 Å². The predicted molar refractivity (Wildman–Crippen MR) is 83.6 cm³/mol. The molecule has 0 spiro atoms. The predicted octanol–water partition coefficient (Wildman–Crippen LogP) is 3.13. The lowest BCUT2D eigenvalue weighted by atomic mass is 10.2. The maximum absolute atomic E-state index is 13.2. The molecule has 5 nitrogen and oxygen atoms in total. The van der Waals surface area contributed by atoms with E-state index in [1.807, 2.05) is 0 Å². The highest BCUT2D eigenvalue weighted by Gasteiger charge is 2.25. The largest absolute Gasteiger partial charge is 0.486 e. The SMILES string of the molecule is O=S(=O)(OC[C@H]1COc2ccc(F)cc2O1)c1ccc(Br)cc1. The lowest BCUT2D eigenvalue weighted by Gasteiger charge is -2.26. The van der Waals surface area contributed by atoms with Crippen LogP contribution < -0.4 is 9.47 Å². The van der Waals surface area contributed by atoms with E-state index in [-0.39, 0.29) is 23.9 Å². The summed E-state index contributed by atoms with van der Waals surface area (Å²) in [5.41, 5.74) is 0. The van der Waals surface area contributed by atoms with Gasteiger partial charge in [-0.3, -0.25) is 4.18 Å². The van der Waals surface area contributed by atoms with Gasteiger partial charge in [-0.2, -0.15) is 8.42 Å². The van der Waals surface area contributed by atoms with Gasteiger partial charge in [-0.25, -0.2) is 4.39 Å². The summed E-state index contributed by atoms with van der Waals surface area (Å²) < 4.78 is 54.0. The number of ether oxygens (including phenoxy) is 2. The Labute approximate surface area is 141 Å². The maximum Gasteiger partial charge on any atom is 0.297 e. The molecule has 1 heterocycles. The molecule has 0 saturated heterocycles. The molecule has 0 saturated carbocycles. The summed E-state index contributed by atoms with van der Waals surface area (Å²) >= 11 is 3.23. The van der Waals surface area contributed by atoms with Crippen LogP contribution in [0.2, 0.25) is 0 Å². The molecule has 0 unspecified atom stereocenters. The molecule has 2 aromatic carbocycles. The third-order valence-corrected chi connectivity index (χ3v) is 4.96. The molecule has 1 aliphatic rings. The van der Waals surface area contributed by atoms with E-state index >= 15 is 0 Å². The third kappa shape index (κ3) is 3.82. The van der Waals surface area contributed by atoms with E-state index in [1.165, 1.54) is 30.3 Å². The number of halogens is 2. The molecular formula is C15H12BrFO5S. The van der Waals surface area contributed by atoms with Crippen LogP contribution in [0.4, 0.5) is 4.39 Å². The Morgan fingerprint density at radius 3 is 2.65 bits per heavy atom. The van der Waals surface area contributed by atoms with Gasteiger partial charge in [0.2, 0.25) is 0 Å². The Morgan fingerprint density at radius 2 is 1.91 bits per heavy atom. The van der Waals surface area contributed by atoms with Crippen molar-refractivity contribution in [1.82, 2.24) is 0 Å². The summed E-state index contributed by atoms with van der Waals surface area (Å²) in [5.74, 6) is 0.181. The minimum atomic E-state index is -3.89. The third-order valence-electron chi connectivity index (χ3n) is 3.14. The molecule has 0 aliphatic carbocycles. The van der Waals surface area contributed by atoms with E-state index in [0.29, 0.717) is 5.75 Å². The molecule has 0 N–H and O–H groups in total. The van der Waals surface area contributed by atoms with Gasteiger partial charge in [0.25, 0.3) is 10.1 Å². The Balaban J connectivity index is 1.66. The number of hydrogen-bond acceptors (Lipinski definition) is 5. The fraction of sp³-hybridized carbons (Fsp3) is 0.200. The zero-order valence-electron chi connectivity index (χ0n) is 11.7. The average Bonchev–Trinajstić information content (AvgIpc) is 2.53. The first-order chi connectivity index (χ1) is 10.9. The molecule has 8 heteroatoms. The van der Waals surface area contributed by atoms with Crippen molar-refractivity contribution in [2.75, 3.05) is 13.2 Å². The molecule has 1 atom stereocenters. The minimum absolute atomic E-state index is 0.0453. The summed E-state index contributed by atoms with van der Waals surface area (Å²) in [6.45, 7) is -0.108. The number of rotatable bonds is 4. The average molecular weight is 403 g/mol. The first kappa shape index (κ1) is 16.2. The van der Waals surface area contributed by atoms with Crippen molar-refractivity contribution in [2.24, 2.45) is 0 Å². The Hall–Kier alpha value is -1.64. The van der Waals surface area contributed by atoms with E-state index < -0.39 is 22.0 Å². The van der Waals surface area contributed by atoms with Crippen LogP contribution in [0.1, 0.15) is 0 Å². The molecule has 0 radical (unpaired) electrons. The summed E-state index contributed by atoms with van der Waals surface area (Å²) in [6.07, 6.45) is -0.644. The van der Waals surface area contributed by atoms with Crippen LogP contribution in [0.15, 0.2) is 51.8 Å². The topological polar surface area (TPSA) is 61.8 Å². The summed E-state index contributed by atoms with van der Waals surface area (Å²) in [5, 5.41) is 0. The van der Waals surface area contributed by atoms with Crippen LogP contribution in [-0.4, -0.2) is 27.7 Å². The normalized spacial score (nSPS) is 17.0. The van der Waals surface area contributed by atoms with Gasteiger partial charge in [-0.1, -0.05) is 15.9 Å². The molecule has 2 aromatic rings. The number of hydrogen-bond donors (Lipinski definition) is 0. The van der Waals surface area contributed by atoms with Crippen molar-refractivity contribution in [2.45, 2.75) is 11.0 Å². The second-order valence-corrected chi connectivity index (χ2v) is 7.37. The van der Waals surface area contributed by atoms with Gasteiger partial charge in [0.05, 0.1) is 4.90 Å². The van der Waals surface area contributed by atoms with Gasteiger partial charge in [0.1, 0.15) is 19.0 Å². The fourth-order valence-corrected chi connectivity index (χ4v) is 3.21. The van der Waals surface area contributed by atoms with Crippen LogP contribution in [-0.2, 0) is 14.3 Å². The quantitative estimate of drug-likeness (QED) is 0.735. The first-order valence-corrected chi connectivity index (χ1v) is 8.88. The molecule has 0 fully saturated rings. The van der Waals surface area contributed by atoms with Crippen molar-refractivity contribution >= 4 is 26.0 Å². The molecule has 122 valence electrons. The van der Waals surface area contributed by atoms with Gasteiger partial charge in [-0.05, 0) is 36.4 Å². The number of fused-ring (bicyclic) bond motifs is 1. The molecule has 1 aliphatic heterocycles. The van der Waals surface area contributed by atoms with E-state index in [2.05, 4.69) is 15.9 Å². The molecule has 0 amide bonds. The van der Waals surface area contributed by atoms with Crippen LogP contribution in [0.3, 0.4) is 0 Å².